The molecule has 2 unspecified atom stereocenters. The topological polar surface area (TPSA) is 47.6 Å². The van der Waals surface area contributed by atoms with Crippen LogP contribution >= 0.6 is 12.2 Å². The second kappa shape index (κ2) is 6.12. The van der Waals surface area contributed by atoms with Crippen LogP contribution in [0, 0.1) is 5.92 Å². The molecule has 1 heterocycles. The molecule has 0 aliphatic carbocycles. The summed E-state index contributed by atoms with van der Waals surface area (Å²) in [4.78, 5) is 12.7. The van der Waals surface area contributed by atoms with Crippen LogP contribution < -0.4 is 5.32 Å². The normalized spacial score (nSPS) is 24.6. The van der Waals surface area contributed by atoms with Crippen molar-refractivity contribution in [3.63, 3.8) is 0 Å². The lowest BCUT2D eigenvalue weighted by Gasteiger charge is -2.30. The fraction of sp³-hybridized carbons (Fsp3) is 0.667. The van der Waals surface area contributed by atoms with E-state index in [0.717, 1.165) is 10.6 Å². The first-order valence-electron chi connectivity index (χ1n) is 5.66. The second-order valence-corrected chi connectivity index (χ2v) is 4.62. The van der Waals surface area contributed by atoms with E-state index in [-0.39, 0.29) is 24.5 Å². The van der Waals surface area contributed by atoms with E-state index in [2.05, 4.69) is 5.32 Å². The zero-order valence-electron chi connectivity index (χ0n) is 10.7. The molecule has 1 N–H and O–H groups in total. The molecular weight excluding hydrogens is 238 g/mol. The minimum absolute atomic E-state index is 0.0891. The van der Waals surface area contributed by atoms with Crippen molar-refractivity contribution in [3.05, 3.63) is 11.1 Å². The first-order valence-corrected chi connectivity index (χ1v) is 6.07. The summed E-state index contributed by atoms with van der Waals surface area (Å²) < 4.78 is 9.98. The van der Waals surface area contributed by atoms with Crippen molar-refractivity contribution in [2.45, 2.75) is 26.8 Å². The van der Waals surface area contributed by atoms with Crippen molar-refractivity contribution >= 4 is 23.2 Å². The van der Waals surface area contributed by atoms with E-state index in [0.29, 0.717) is 12.2 Å². The smallest absolute Gasteiger partial charge is 0.336 e. The van der Waals surface area contributed by atoms with Gasteiger partial charge in [0, 0.05) is 13.0 Å². The lowest BCUT2D eigenvalue weighted by atomic mass is 9.89. The highest BCUT2D eigenvalue weighted by molar-refractivity contribution is 7.80. The maximum Gasteiger partial charge on any atom is 0.336 e. The van der Waals surface area contributed by atoms with Crippen LogP contribution in [0.15, 0.2) is 11.1 Å². The highest BCUT2D eigenvalue weighted by Gasteiger charge is 2.30. The predicted molar refractivity (Wildman–Crippen MR) is 69.9 cm³/mol. The molecule has 0 aromatic carbocycles. The summed E-state index contributed by atoms with van der Waals surface area (Å²) in [5, 5.41) is 3.12. The molecule has 4 nitrogen and oxygen atoms in total. The molecule has 17 heavy (non-hydrogen) atoms. The maximum absolute atomic E-state index is 11.9. The average molecular weight is 257 g/mol. The van der Waals surface area contributed by atoms with E-state index < -0.39 is 0 Å². The fourth-order valence-electron chi connectivity index (χ4n) is 1.82. The molecule has 0 radical (unpaired) electrons. The largest absolute Gasteiger partial charge is 0.460 e. The number of carbonyl (C=O) groups is 1. The minimum atomic E-state index is -0.283. The Morgan fingerprint density at radius 3 is 2.65 bits per heavy atom. The van der Waals surface area contributed by atoms with E-state index in [9.17, 15) is 4.79 Å². The summed E-state index contributed by atoms with van der Waals surface area (Å²) >= 11 is 5.21. The van der Waals surface area contributed by atoms with E-state index in [1.165, 1.54) is 0 Å². The molecule has 1 aliphatic heterocycles. The van der Waals surface area contributed by atoms with Gasteiger partial charge in [-0.25, -0.2) is 4.79 Å². The molecule has 1 aliphatic rings. The van der Waals surface area contributed by atoms with Crippen LogP contribution in [0.4, 0.5) is 0 Å². The van der Waals surface area contributed by atoms with E-state index in [1.54, 1.807) is 7.11 Å². The summed E-state index contributed by atoms with van der Waals surface area (Å²) in [5.41, 5.74) is 1.67. The first-order chi connectivity index (χ1) is 7.99. The molecule has 0 spiro atoms. The Morgan fingerprint density at radius 1 is 1.41 bits per heavy atom. The minimum Gasteiger partial charge on any atom is -0.460 e. The van der Waals surface area contributed by atoms with Crippen molar-refractivity contribution < 1.29 is 14.3 Å². The lowest BCUT2D eigenvalue weighted by Crippen LogP contribution is -2.44. The van der Waals surface area contributed by atoms with Crippen LogP contribution in [0.25, 0.3) is 0 Å². The summed E-state index contributed by atoms with van der Waals surface area (Å²) in [7, 11) is 1.57. The first kappa shape index (κ1) is 14.1. The second-order valence-electron chi connectivity index (χ2n) is 4.18. The third-order valence-corrected chi connectivity index (χ3v) is 3.47. The Hall–Kier alpha value is -0.940. The standard InChI is InChI=1S/C12H19NO3S/c1-7-8(2)11(17)13-9(3)10(7)12(14)16-6-5-15-4/h8-9H,5-6H2,1-4H3,(H,13,17). The Bertz CT molecular complexity index is 352. The van der Waals surface area contributed by atoms with Crippen LogP contribution in [0.2, 0.25) is 0 Å². The van der Waals surface area contributed by atoms with Crippen LogP contribution in [-0.4, -0.2) is 37.3 Å². The number of nitrogens with one attached hydrogen (secondary N) is 1. The number of hydrogen-bond acceptors (Lipinski definition) is 4. The Balaban J connectivity index is 2.79. The predicted octanol–water partition coefficient (Wildman–Crippen LogP) is 1.45. The molecule has 1 rings (SSSR count). The highest BCUT2D eigenvalue weighted by Crippen LogP contribution is 2.24. The molecule has 0 saturated heterocycles. The van der Waals surface area contributed by atoms with Gasteiger partial charge in [0.15, 0.2) is 0 Å². The molecule has 0 fully saturated rings. The molecule has 0 aromatic heterocycles. The van der Waals surface area contributed by atoms with E-state index >= 15 is 0 Å². The zero-order valence-corrected chi connectivity index (χ0v) is 11.5. The van der Waals surface area contributed by atoms with E-state index in [4.69, 9.17) is 21.7 Å². The summed E-state index contributed by atoms with van der Waals surface area (Å²) in [6.07, 6.45) is 0. The van der Waals surface area contributed by atoms with Gasteiger partial charge < -0.3 is 14.8 Å². The summed E-state index contributed by atoms with van der Waals surface area (Å²) in [6, 6.07) is -0.0891. The van der Waals surface area contributed by atoms with Crippen LogP contribution in [-0.2, 0) is 14.3 Å². The molecule has 5 heteroatoms. The van der Waals surface area contributed by atoms with Crippen LogP contribution in [0.1, 0.15) is 20.8 Å². The van der Waals surface area contributed by atoms with E-state index in [1.807, 2.05) is 20.8 Å². The van der Waals surface area contributed by atoms with Gasteiger partial charge in [0.05, 0.1) is 23.2 Å². The van der Waals surface area contributed by atoms with Gasteiger partial charge in [-0.05, 0) is 13.8 Å². The van der Waals surface area contributed by atoms with Gasteiger partial charge in [0.2, 0.25) is 0 Å². The Morgan fingerprint density at radius 2 is 2.06 bits per heavy atom. The highest BCUT2D eigenvalue weighted by atomic mass is 32.1. The van der Waals surface area contributed by atoms with Gasteiger partial charge in [-0.15, -0.1) is 0 Å². The van der Waals surface area contributed by atoms with Gasteiger partial charge in [-0.3, -0.25) is 0 Å². The number of methoxy groups -OCH3 is 1. The van der Waals surface area contributed by atoms with Crippen molar-refractivity contribution in [3.8, 4) is 0 Å². The van der Waals surface area contributed by atoms with Crippen molar-refractivity contribution in [1.82, 2.24) is 5.32 Å². The van der Waals surface area contributed by atoms with Gasteiger partial charge in [-0.1, -0.05) is 24.7 Å². The van der Waals surface area contributed by atoms with Crippen LogP contribution in [0.5, 0.6) is 0 Å². The maximum atomic E-state index is 11.9. The molecule has 0 bridgehead atoms. The molecular formula is C12H19NO3S. The van der Waals surface area contributed by atoms with Gasteiger partial charge in [0.25, 0.3) is 0 Å². The third-order valence-electron chi connectivity index (χ3n) is 3.00. The van der Waals surface area contributed by atoms with Crippen molar-refractivity contribution in [2.75, 3.05) is 20.3 Å². The number of ether oxygens (including phenoxy) is 2. The molecule has 0 aromatic rings. The van der Waals surface area contributed by atoms with Crippen molar-refractivity contribution in [2.24, 2.45) is 5.92 Å². The number of thiocarbonyl (C=S) groups is 1. The van der Waals surface area contributed by atoms with Crippen LogP contribution in [0.3, 0.4) is 0 Å². The monoisotopic (exact) mass is 257 g/mol. The lowest BCUT2D eigenvalue weighted by molar-refractivity contribution is -0.140. The molecule has 96 valence electrons. The number of carbonyl (C=O) groups excluding carboxylic acids is 1. The average Bonchev–Trinajstić information content (AvgIpc) is 2.26. The van der Waals surface area contributed by atoms with Gasteiger partial charge in [-0.2, -0.15) is 0 Å². The molecule has 2 atom stereocenters. The number of rotatable bonds is 4. The van der Waals surface area contributed by atoms with Crippen molar-refractivity contribution in [1.29, 1.82) is 0 Å². The Kier molecular flexibility index (Phi) is 5.08. The summed E-state index contributed by atoms with van der Waals surface area (Å²) in [6.45, 7) is 6.51. The Labute approximate surface area is 107 Å². The quantitative estimate of drug-likeness (QED) is 0.469. The summed E-state index contributed by atoms with van der Waals surface area (Å²) in [5.74, 6) is -0.194. The van der Waals surface area contributed by atoms with Gasteiger partial charge >= 0.3 is 5.97 Å². The third kappa shape index (κ3) is 3.26. The molecule has 0 amide bonds. The zero-order chi connectivity index (χ0) is 13.0. The molecule has 0 saturated carbocycles. The SMILES string of the molecule is COCCOC(=O)C1=C(C)C(C)C(=S)NC1C. The fourth-order valence-corrected chi connectivity index (χ4v) is 2.17. The number of esters is 1. The van der Waals surface area contributed by atoms with Gasteiger partial charge in [0.1, 0.15) is 6.61 Å². The number of hydrogen-bond donors (Lipinski definition) is 1.